The summed E-state index contributed by atoms with van der Waals surface area (Å²) in [7, 11) is 0. The van der Waals surface area contributed by atoms with Gasteiger partial charge in [-0.25, -0.2) is 0 Å². The van der Waals surface area contributed by atoms with E-state index < -0.39 is 36.0 Å². The summed E-state index contributed by atoms with van der Waals surface area (Å²) in [5, 5.41) is 18.9. The quantitative estimate of drug-likeness (QED) is 0.130. The Morgan fingerprint density at radius 3 is 1.68 bits per heavy atom. The highest BCUT2D eigenvalue weighted by Gasteiger charge is 2.33. The van der Waals surface area contributed by atoms with Gasteiger partial charge in [-0.3, -0.25) is 14.4 Å². The van der Waals surface area contributed by atoms with Gasteiger partial charge in [0.1, 0.15) is 0 Å². The number of nitrogens with one attached hydrogen (secondary N) is 1. The SMILES string of the molecule is CCC=CCC=CCC=CCC=CCC=CCCCC(=O)O.O=C(O)CCC(=O)Nc1ccccc1C(F)(F)F. The standard InChI is InChI=1S/C20H30O2.C11H10F3NO3/c1-2-3-4-5-6-7-8-9-10-11-12-13-14-15-16-17-18-19-20(21)22;12-11(13,14)7-3-1-2-4-8(7)15-9(16)5-6-10(17)18/h3-4,6-7,9-10,12-13,15-16H,2,5,8,11,14,17-19H2,1H3,(H,21,22);1-4H,5-6H2,(H,15,16)(H,17,18). The molecule has 0 spiro atoms. The average Bonchev–Trinajstić information content (AvgIpc) is 2.89. The van der Waals surface area contributed by atoms with Crippen molar-refractivity contribution in [1.82, 2.24) is 0 Å². The second-order valence-corrected chi connectivity index (χ2v) is 8.48. The van der Waals surface area contributed by atoms with Gasteiger partial charge < -0.3 is 15.5 Å². The molecule has 0 atom stereocenters. The third-order valence-corrected chi connectivity index (χ3v) is 4.99. The molecule has 1 aromatic carbocycles. The van der Waals surface area contributed by atoms with Gasteiger partial charge in [-0.1, -0.05) is 79.8 Å². The van der Waals surface area contributed by atoms with Gasteiger partial charge in [-0.05, 0) is 57.1 Å². The number of carboxylic acids is 2. The average molecular weight is 564 g/mol. The molecule has 0 aliphatic heterocycles. The smallest absolute Gasteiger partial charge is 0.418 e. The number of para-hydroxylation sites is 1. The van der Waals surface area contributed by atoms with Crippen molar-refractivity contribution in [3.8, 4) is 0 Å². The first-order valence-electron chi connectivity index (χ1n) is 13.2. The highest BCUT2D eigenvalue weighted by molar-refractivity contribution is 5.93. The lowest BCUT2D eigenvalue weighted by Crippen LogP contribution is -2.17. The topological polar surface area (TPSA) is 104 Å². The number of carbonyl (C=O) groups is 3. The molecule has 0 bridgehead atoms. The number of rotatable bonds is 17. The molecule has 9 heteroatoms. The second-order valence-electron chi connectivity index (χ2n) is 8.48. The van der Waals surface area contributed by atoms with Crippen molar-refractivity contribution in [2.45, 2.75) is 77.3 Å². The summed E-state index contributed by atoms with van der Waals surface area (Å²) in [6.45, 7) is 2.14. The molecule has 0 radical (unpaired) electrons. The van der Waals surface area contributed by atoms with E-state index in [9.17, 15) is 27.6 Å². The normalized spacial score (nSPS) is 12.0. The summed E-state index contributed by atoms with van der Waals surface area (Å²) in [5.74, 6) is -2.67. The van der Waals surface area contributed by atoms with E-state index in [0.717, 1.165) is 57.1 Å². The lowest BCUT2D eigenvalue weighted by Gasteiger charge is -2.13. The Balaban J connectivity index is 0.000000774. The van der Waals surface area contributed by atoms with E-state index in [0.29, 0.717) is 0 Å². The van der Waals surface area contributed by atoms with Gasteiger partial charge in [0.2, 0.25) is 5.91 Å². The molecule has 3 N–H and O–H groups in total. The largest absolute Gasteiger partial charge is 0.481 e. The van der Waals surface area contributed by atoms with Crippen LogP contribution in [0.3, 0.4) is 0 Å². The first-order valence-corrected chi connectivity index (χ1v) is 13.2. The van der Waals surface area contributed by atoms with Crippen molar-refractivity contribution in [2.75, 3.05) is 5.32 Å². The van der Waals surface area contributed by atoms with Crippen LogP contribution >= 0.6 is 0 Å². The van der Waals surface area contributed by atoms with Crippen LogP contribution in [0, 0.1) is 0 Å². The highest BCUT2D eigenvalue weighted by atomic mass is 19.4. The number of carbonyl (C=O) groups excluding carboxylic acids is 1. The number of benzene rings is 1. The van der Waals surface area contributed by atoms with Crippen molar-refractivity contribution in [3.63, 3.8) is 0 Å². The molecule has 0 fully saturated rings. The Kier molecular flexibility index (Phi) is 20.8. The molecule has 0 heterocycles. The first-order chi connectivity index (χ1) is 19.1. The summed E-state index contributed by atoms with van der Waals surface area (Å²) >= 11 is 0. The molecule has 0 saturated heterocycles. The Bertz CT molecular complexity index is 1020. The predicted octanol–water partition coefficient (Wildman–Crippen LogP) is 8.50. The summed E-state index contributed by atoms with van der Waals surface area (Å²) in [6.07, 6.45) is 23.1. The number of allylic oxidation sites excluding steroid dienone is 10. The zero-order valence-electron chi connectivity index (χ0n) is 22.9. The minimum atomic E-state index is -4.57. The van der Waals surface area contributed by atoms with E-state index in [1.54, 1.807) is 0 Å². The number of aliphatic carboxylic acids is 2. The molecule has 1 aromatic rings. The van der Waals surface area contributed by atoms with Crippen LogP contribution in [0.5, 0.6) is 0 Å². The van der Waals surface area contributed by atoms with E-state index in [4.69, 9.17) is 10.2 Å². The van der Waals surface area contributed by atoms with Gasteiger partial charge >= 0.3 is 18.1 Å². The van der Waals surface area contributed by atoms with Gasteiger partial charge in [-0.15, -0.1) is 0 Å². The molecule has 0 aromatic heterocycles. The van der Waals surface area contributed by atoms with Gasteiger partial charge in [0.05, 0.1) is 17.7 Å². The van der Waals surface area contributed by atoms with Crippen LogP contribution < -0.4 is 5.32 Å². The molecule has 1 amide bonds. The Labute approximate surface area is 234 Å². The van der Waals surface area contributed by atoms with Crippen molar-refractivity contribution >= 4 is 23.5 Å². The molecule has 0 unspecified atom stereocenters. The van der Waals surface area contributed by atoms with Crippen LogP contribution in [0.15, 0.2) is 85.0 Å². The lowest BCUT2D eigenvalue weighted by atomic mass is 10.1. The van der Waals surface area contributed by atoms with Crippen molar-refractivity contribution < 1.29 is 37.8 Å². The number of carboxylic acid groups (broad SMARTS) is 2. The fraction of sp³-hybridized carbons (Fsp3) is 0.387. The van der Waals surface area contributed by atoms with E-state index in [2.05, 4.69) is 73.0 Å². The minimum absolute atomic E-state index is 0.258. The second kappa shape index (κ2) is 23.0. The molecule has 6 nitrogen and oxygen atoms in total. The third-order valence-electron chi connectivity index (χ3n) is 4.99. The van der Waals surface area contributed by atoms with Crippen LogP contribution in [0.4, 0.5) is 18.9 Å². The Morgan fingerprint density at radius 1 is 0.725 bits per heavy atom. The number of alkyl halides is 3. The monoisotopic (exact) mass is 563 g/mol. The van der Waals surface area contributed by atoms with E-state index in [-0.39, 0.29) is 18.5 Å². The fourth-order valence-corrected chi connectivity index (χ4v) is 3.01. The molecule has 220 valence electrons. The molecule has 0 aliphatic rings. The Hall–Kier alpha value is -3.88. The van der Waals surface area contributed by atoms with Crippen LogP contribution in [0.1, 0.15) is 76.7 Å². The molecular formula is C31H40F3NO5. The van der Waals surface area contributed by atoms with Crippen LogP contribution in [-0.2, 0) is 20.6 Å². The zero-order chi connectivity index (χ0) is 30.1. The summed E-state index contributed by atoms with van der Waals surface area (Å²) in [4.78, 5) is 31.8. The number of halogens is 3. The maximum atomic E-state index is 12.6. The maximum Gasteiger partial charge on any atom is 0.418 e. The van der Waals surface area contributed by atoms with Gasteiger partial charge in [0.25, 0.3) is 0 Å². The fourth-order valence-electron chi connectivity index (χ4n) is 3.01. The molecule has 0 aliphatic carbocycles. The lowest BCUT2D eigenvalue weighted by molar-refractivity contribution is -0.139. The van der Waals surface area contributed by atoms with Crippen LogP contribution in [0.2, 0.25) is 0 Å². The van der Waals surface area contributed by atoms with Gasteiger partial charge in [-0.2, -0.15) is 13.2 Å². The first kappa shape index (κ1) is 36.1. The van der Waals surface area contributed by atoms with Gasteiger partial charge in [0, 0.05) is 12.8 Å². The van der Waals surface area contributed by atoms with Gasteiger partial charge in [0.15, 0.2) is 0 Å². The summed E-state index contributed by atoms with van der Waals surface area (Å²) in [5.41, 5.74) is -1.34. The van der Waals surface area contributed by atoms with Crippen LogP contribution in [-0.4, -0.2) is 28.1 Å². The maximum absolute atomic E-state index is 12.6. The van der Waals surface area contributed by atoms with E-state index >= 15 is 0 Å². The van der Waals surface area contributed by atoms with E-state index in [1.165, 1.54) is 12.1 Å². The summed E-state index contributed by atoms with van der Waals surface area (Å²) < 4.78 is 37.7. The number of unbranched alkanes of at least 4 members (excludes halogenated alkanes) is 1. The molecule has 1 rings (SSSR count). The minimum Gasteiger partial charge on any atom is -0.481 e. The summed E-state index contributed by atoms with van der Waals surface area (Å²) in [6, 6.07) is 4.51. The molecular weight excluding hydrogens is 523 g/mol. The zero-order valence-corrected chi connectivity index (χ0v) is 22.9. The predicted molar refractivity (Wildman–Crippen MR) is 153 cm³/mol. The van der Waals surface area contributed by atoms with Crippen LogP contribution in [0.25, 0.3) is 0 Å². The van der Waals surface area contributed by atoms with E-state index in [1.807, 2.05) is 0 Å². The third kappa shape index (κ3) is 22.1. The van der Waals surface area contributed by atoms with Crippen molar-refractivity contribution in [1.29, 1.82) is 0 Å². The number of hydrogen-bond acceptors (Lipinski definition) is 3. The Morgan fingerprint density at radius 2 is 1.20 bits per heavy atom. The number of amides is 1. The van der Waals surface area contributed by atoms with Crippen molar-refractivity contribution in [2.24, 2.45) is 0 Å². The highest BCUT2D eigenvalue weighted by Crippen LogP contribution is 2.34. The van der Waals surface area contributed by atoms with Crippen molar-refractivity contribution in [3.05, 3.63) is 90.6 Å². The molecule has 0 saturated carbocycles. The molecule has 40 heavy (non-hydrogen) atoms. The number of hydrogen-bond donors (Lipinski definition) is 3. The number of anilines is 1.